The van der Waals surface area contributed by atoms with Gasteiger partial charge in [-0.1, -0.05) is 35.1 Å². The van der Waals surface area contributed by atoms with Crippen molar-refractivity contribution in [3.8, 4) is 0 Å². The fraction of sp³-hybridized carbons (Fsp3) is 0.750. The molecule has 0 heterocycles. The molecule has 0 aromatic heterocycles. The predicted octanol–water partition coefficient (Wildman–Crippen LogP) is 4.81. The molecule has 4 rings (SSSR count). The fourth-order valence-corrected chi connectivity index (χ4v) is 7.20. The molecule has 4 aliphatic rings. The van der Waals surface area contributed by atoms with Gasteiger partial charge < -0.3 is 5.11 Å². The Morgan fingerprint density at radius 3 is 2.78 bits per heavy atom. The van der Waals surface area contributed by atoms with Crippen LogP contribution in [0.3, 0.4) is 0 Å². The minimum atomic E-state index is -0.609. The van der Waals surface area contributed by atoms with Crippen LogP contribution in [0.5, 0.6) is 0 Å². The quantitative estimate of drug-likeness (QED) is 0.612. The van der Waals surface area contributed by atoms with Crippen molar-refractivity contribution < 1.29 is 9.90 Å². The largest absolute Gasteiger partial charge is 0.385 e. The number of ketones is 1. The lowest BCUT2D eigenvalue weighted by molar-refractivity contribution is -0.116. The lowest BCUT2D eigenvalue weighted by Crippen LogP contribution is -2.51. The Bertz CT molecular complexity index is 580. The van der Waals surface area contributed by atoms with Crippen molar-refractivity contribution in [2.75, 3.05) is 0 Å². The number of fused-ring (bicyclic) bond motifs is 5. The molecule has 0 radical (unpaired) electrons. The Hall–Kier alpha value is -0.160. The second kappa shape index (κ2) is 5.69. The van der Waals surface area contributed by atoms with Crippen LogP contribution in [0.4, 0.5) is 0 Å². The molecular weight excluding hydrogens is 399 g/mol. The summed E-state index contributed by atoms with van der Waals surface area (Å²) in [5.74, 6) is 3.16. The predicted molar refractivity (Wildman–Crippen MR) is 100 cm³/mol. The molecule has 23 heavy (non-hydrogen) atoms. The van der Waals surface area contributed by atoms with Gasteiger partial charge in [0.25, 0.3) is 0 Å². The second-order valence-corrected chi connectivity index (χ2v) is 9.23. The Balaban J connectivity index is 1.64. The fourth-order valence-electron chi connectivity index (χ4n) is 6.61. The van der Waals surface area contributed by atoms with E-state index in [0.29, 0.717) is 17.6 Å². The van der Waals surface area contributed by atoms with Gasteiger partial charge in [-0.2, -0.15) is 0 Å². The molecule has 0 aromatic rings. The van der Waals surface area contributed by atoms with Crippen LogP contribution in [0, 0.1) is 29.1 Å². The van der Waals surface area contributed by atoms with E-state index >= 15 is 0 Å². The number of carbonyl (C=O) groups is 1. The summed E-state index contributed by atoms with van der Waals surface area (Å²) in [6.07, 6.45) is 12.6. The van der Waals surface area contributed by atoms with Gasteiger partial charge in [0.2, 0.25) is 0 Å². The first kappa shape index (κ1) is 16.3. The van der Waals surface area contributed by atoms with Gasteiger partial charge in [-0.15, -0.1) is 0 Å². The molecule has 0 amide bonds. The molecular formula is C20H27IO2. The highest BCUT2D eigenvalue weighted by atomic mass is 127. The zero-order valence-electron chi connectivity index (χ0n) is 13.9. The van der Waals surface area contributed by atoms with Gasteiger partial charge in [0.05, 0.1) is 5.60 Å². The second-order valence-electron chi connectivity index (χ2n) is 8.52. The molecule has 0 saturated heterocycles. The van der Waals surface area contributed by atoms with E-state index in [-0.39, 0.29) is 5.41 Å². The van der Waals surface area contributed by atoms with Gasteiger partial charge in [0, 0.05) is 11.8 Å². The number of rotatable bonds is 1. The van der Waals surface area contributed by atoms with Crippen molar-refractivity contribution in [3.63, 3.8) is 0 Å². The third-order valence-corrected chi connectivity index (χ3v) is 8.21. The number of aliphatic hydroxyl groups is 1. The molecule has 3 saturated carbocycles. The van der Waals surface area contributed by atoms with Gasteiger partial charge in [-0.05, 0) is 84.9 Å². The summed E-state index contributed by atoms with van der Waals surface area (Å²) in [7, 11) is 0. The van der Waals surface area contributed by atoms with Crippen molar-refractivity contribution >= 4 is 28.4 Å². The van der Waals surface area contributed by atoms with Gasteiger partial charge in [-0.3, -0.25) is 4.79 Å². The summed E-state index contributed by atoms with van der Waals surface area (Å²) in [6, 6.07) is 0. The van der Waals surface area contributed by atoms with E-state index in [9.17, 15) is 9.90 Å². The highest BCUT2D eigenvalue weighted by molar-refractivity contribution is 14.1. The molecule has 1 N–H and O–H groups in total. The minimum Gasteiger partial charge on any atom is -0.385 e. The van der Waals surface area contributed by atoms with Crippen molar-refractivity contribution in [2.24, 2.45) is 29.1 Å². The number of halogens is 1. The lowest BCUT2D eigenvalue weighted by Gasteiger charge is -2.55. The molecule has 0 aromatic carbocycles. The maximum absolute atomic E-state index is 11.8. The van der Waals surface area contributed by atoms with Gasteiger partial charge >= 0.3 is 0 Å². The Morgan fingerprint density at radius 2 is 2.00 bits per heavy atom. The standard InChI is InChI=1S/C20H27IO2/c1-19-8-6-16-15-5-3-14(22)12-13(15)2-4-17(16)18(19)7-9-20(19,23)10-11-21/h10-12,15-18,23H,2-9H2,1H3/b11-10+/t15-,16+,17+,18-,19-,20+/m0/s1. The lowest BCUT2D eigenvalue weighted by atomic mass is 9.50. The van der Waals surface area contributed by atoms with E-state index in [1.165, 1.54) is 24.8 Å². The summed E-state index contributed by atoms with van der Waals surface area (Å²) >= 11 is 2.24. The first-order valence-corrected chi connectivity index (χ1v) is 10.5. The summed E-state index contributed by atoms with van der Waals surface area (Å²) in [6.45, 7) is 2.34. The highest BCUT2D eigenvalue weighted by Crippen LogP contribution is 2.65. The molecule has 4 aliphatic carbocycles. The first-order valence-electron chi connectivity index (χ1n) is 9.22. The average Bonchev–Trinajstić information content (AvgIpc) is 2.79. The zero-order valence-corrected chi connectivity index (χ0v) is 16.1. The molecule has 0 aliphatic heterocycles. The van der Waals surface area contributed by atoms with Crippen LogP contribution in [0.25, 0.3) is 0 Å². The van der Waals surface area contributed by atoms with Gasteiger partial charge in [0.15, 0.2) is 5.78 Å². The van der Waals surface area contributed by atoms with Crippen LogP contribution in [-0.2, 0) is 4.79 Å². The Morgan fingerprint density at radius 1 is 1.17 bits per heavy atom. The van der Waals surface area contributed by atoms with Crippen LogP contribution in [-0.4, -0.2) is 16.5 Å². The normalized spacial score (nSPS) is 49.5. The van der Waals surface area contributed by atoms with E-state index < -0.39 is 5.60 Å². The molecule has 0 unspecified atom stereocenters. The SMILES string of the molecule is C[C@]12CC[C@H]3[C@@H](CCC4=CC(=O)CC[C@@H]43)[C@@H]1CC[C@@]2(O)/C=C/I. The maximum atomic E-state index is 11.8. The first-order chi connectivity index (χ1) is 11.0. The summed E-state index contributed by atoms with van der Waals surface area (Å²) in [5.41, 5.74) is 0.885. The molecule has 0 spiro atoms. The summed E-state index contributed by atoms with van der Waals surface area (Å²) in [4.78, 5) is 11.8. The van der Waals surface area contributed by atoms with Crippen molar-refractivity contribution in [1.82, 2.24) is 0 Å². The Labute approximate surface area is 152 Å². The maximum Gasteiger partial charge on any atom is 0.155 e. The van der Waals surface area contributed by atoms with Gasteiger partial charge in [0.1, 0.15) is 0 Å². The molecule has 2 nitrogen and oxygen atoms in total. The summed E-state index contributed by atoms with van der Waals surface area (Å²) in [5, 5.41) is 11.3. The van der Waals surface area contributed by atoms with E-state index in [1.54, 1.807) is 0 Å². The zero-order chi connectivity index (χ0) is 16.2. The minimum absolute atomic E-state index is 0.0432. The number of hydrogen-bond acceptors (Lipinski definition) is 2. The number of carbonyl (C=O) groups excluding carboxylic acids is 1. The van der Waals surface area contributed by atoms with E-state index in [2.05, 4.69) is 35.6 Å². The van der Waals surface area contributed by atoms with Gasteiger partial charge in [-0.25, -0.2) is 0 Å². The van der Waals surface area contributed by atoms with Crippen LogP contribution in [0.15, 0.2) is 21.8 Å². The van der Waals surface area contributed by atoms with Crippen LogP contribution in [0.1, 0.15) is 58.3 Å². The summed E-state index contributed by atoms with van der Waals surface area (Å²) < 4.78 is 2.01. The highest BCUT2D eigenvalue weighted by Gasteiger charge is 2.61. The van der Waals surface area contributed by atoms with Crippen LogP contribution >= 0.6 is 22.6 Å². The van der Waals surface area contributed by atoms with E-state index in [0.717, 1.165) is 43.9 Å². The molecule has 126 valence electrons. The van der Waals surface area contributed by atoms with Crippen molar-refractivity contribution in [1.29, 1.82) is 0 Å². The van der Waals surface area contributed by atoms with Crippen LogP contribution in [0.2, 0.25) is 0 Å². The Kier molecular flexibility index (Phi) is 4.03. The number of hydrogen-bond donors (Lipinski definition) is 1. The van der Waals surface area contributed by atoms with E-state index in [4.69, 9.17) is 0 Å². The third kappa shape index (κ3) is 2.32. The third-order valence-electron chi connectivity index (χ3n) is 7.85. The van der Waals surface area contributed by atoms with E-state index in [1.807, 2.05) is 10.2 Å². The van der Waals surface area contributed by atoms with Crippen molar-refractivity contribution in [3.05, 3.63) is 21.8 Å². The topological polar surface area (TPSA) is 37.3 Å². The molecule has 3 heteroatoms. The van der Waals surface area contributed by atoms with Crippen LogP contribution < -0.4 is 0 Å². The molecule has 3 fully saturated rings. The number of allylic oxidation sites excluding steroid dienone is 1. The molecule has 6 atom stereocenters. The smallest absolute Gasteiger partial charge is 0.155 e. The van der Waals surface area contributed by atoms with Crippen molar-refractivity contribution in [2.45, 2.75) is 63.9 Å². The monoisotopic (exact) mass is 426 g/mol. The average molecular weight is 426 g/mol. The molecule has 0 bridgehead atoms.